The van der Waals surface area contributed by atoms with Gasteiger partial charge in [-0.3, -0.25) is 29.3 Å². The summed E-state index contributed by atoms with van der Waals surface area (Å²) < 4.78 is 33.8. The lowest BCUT2D eigenvalue weighted by atomic mass is 9.74. The number of carbonyl (C=O) groups is 5. The maximum atomic E-state index is 14.9. The molecule has 2 bridgehead atoms. The fraction of sp³-hybridized carbons (Fsp3) is 0.367. The Morgan fingerprint density at radius 3 is 2.32 bits per heavy atom. The number of aliphatic hydroxyl groups excluding tert-OH is 1. The Kier molecular flexibility index (Phi) is 17.5. The third-order valence-corrected chi connectivity index (χ3v) is 11.7. The summed E-state index contributed by atoms with van der Waals surface area (Å²) in [4.78, 5) is 70.8. The number of nitrogens with zero attached hydrogens (tertiary/aromatic N) is 1. The molecule has 5 amide bonds. The number of phenols is 1. The number of fused-ring (bicyclic) bond motifs is 3. The molecule has 4 aromatic carbocycles. The number of hydrogen-bond acceptors (Lipinski definition) is 10. The van der Waals surface area contributed by atoms with Crippen LogP contribution in [0.25, 0.3) is 11.1 Å². The van der Waals surface area contributed by atoms with Crippen LogP contribution in [0.15, 0.2) is 103 Å². The number of nitrogens with one attached hydrogen (secondary N) is 5. The minimum Gasteiger partial charge on any atom is -0.503 e. The number of hydrogen-bond donors (Lipinski definition) is 8. The van der Waals surface area contributed by atoms with Crippen LogP contribution in [0.4, 0.5) is 8.78 Å². The van der Waals surface area contributed by atoms with E-state index in [1.54, 1.807) is 48.5 Å². The highest BCUT2D eigenvalue weighted by Crippen LogP contribution is 2.35. The predicted molar refractivity (Wildman–Crippen MR) is 242 cm³/mol. The average Bonchev–Trinajstić information content (AvgIpc) is 3.31. The van der Waals surface area contributed by atoms with Gasteiger partial charge in [0.25, 0.3) is 0 Å². The third-order valence-electron chi connectivity index (χ3n) is 11.7. The van der Waals surface area contributed by atoms with Crippen LogP contribution in [-0.4, -0.2) is 109 Å². The maximum absolute atomic E-state index is 14.9. The number of amides is 5. The molecule has 17 heteroatoms. The smallest absolute Gasteiger partial charge is 0.246 e. The number of piperidine rings is 1. The molecule has 0 spiro atoms. The van der Waals surface area contributed by atoms with Gasteiger partial charge in [0.2, 0.25) is 29.5 Å². The van der Waals surface area contributed by atoms with Crippen LogP contribution >= 0.6 is 0 Å². The number of benzene rings is 4. The molecule has 6 rings (SSSR count). The van der Waals surface area contributed by atoms with Crippen LogP contribution in [0.2, 0.25) is 0 Å². The topological polar surface area (TPSA) is 224 Å². The van der Waals surface area contributed by atoms with E-state index >= 15 is 0 Å². The molecule has 0 aliphatic carbocycles. The second-order valence-corrected chi connectivity index (χ2v) is 16.6. The van der Waals surface area contributed by atoms with Gasteiger partial charge in [-0.2, -0.15) is 0 Å². The standard InChI is InChI=1S/C49H57F2N7O8/c50-38-26-37(27-39(51)45(38)62)34-13-11-32(12-14-34)25-41-47(64)55-30-36-10-5-4-9-35(36)28-43(60)56-40(46(63)54-21-24-66-23-19-52)17-20-53-42(59)15-16-44(61)58-22-6-18-49(31-58,48(65)57-41)29-33-7-2-1-3-8-33/h1-5,7-16,26-27,40-41,43,56,60,62H,6,17-25,28-31,52H2,(H,53,59)(H,54,63)(H,55,64)(H,57,65)/b16-15+/t40-,41-,43?,49-/m0/s1. The molecule has 0 aromatic heterocycles. The molecule has 4 aromatic rings. The lowest BCUT2D eigenvalue weighted by molar-refractivity contribution is -0.141. The minimum atomic E-state index is -1.24. The van der Waals surface area contributed by atoms with Crippen LogP contribution in [-0.2, 0) is 54.5 Å². The van der Waals surface area contributed by atoms with E-state index in [0.717, 1.165) is 29.8 Å². The van der Waals surface area contributed by atoms with Crippen molar-refractivity contribution in [1.82, 2.24) is 31.5 Å². The molecule has 9 N–H and O–H groups in total. The van der Waals surface area contributed by atoms with E-state index in [9.17, 15) is 43.0 Å². The number of ether oxygens (including phenoxy) is 1. The van der Waals surface area contributed by atoms with E-state index in [0.29, 0.717) is 54.8 Å². The van der Waals surface area contributed by atoms with E-state index < -0.39 is 70.6 Å². The summed E-state index contributed by atoms with van der Waals surface area (Å²) in [5.41, 5.74) is 7.72. The van der Waals surface area contributed by atoms with Crippen molar-refractivity contribution in [2.45, 2.75) is 63.4 Å². The van der Waals surface area contributed by atoms with Crippen molar-refractivity contribution in [3.8, 4) is 16.9 Å². The monoisotopic (exact) mass is 909 g/mol. The number of nitrogens with two attached hydrogens (primary N) is 1. The van der Waals surface area contributed by atoms with E-state index in [1.807, 2.05) is 30.3 Å². The highest BCUT2D eigenvalue weighted by Gasteiger charge is 2.44. The molecular formula is C49H57F2N7O8. The van der Waals surface area contributed by atoms with Crippen LogP contribution in [0.5, 0.6) is 5.75 Å². The summed E-state index contributed by atoms with van der Waals surface area (Å²) in [7, 11) is 0. The molecule has 2 aliphatic heterocycles. The first kappa shape index (κ1) is 48.9. The third kappa shape index (κ3) is 13.5. The van der Waals surface area contributed by atoms with Crippen molar-refractivity contribution in [2.75, 3.05) is 45.9 Å². The maximum Gasteiger partial charge on any atom is 0.246 e. The van der Waals surface area contributed by atoms with E-state index in [1.165, 1.54) is 4.90 Å². The summed E-state index contributed by atoms with van der Waals surface area (Å²) in [5, 5.41) is 35.3. The molecule has 1 unspecified atom stereocenters. The van der Waals surface area contributed by atoms with Gasteiger partial charge < -0.3 is 46.9 Å². The van der Waals surface area contributed by atoms with Crippen LogP contribution in [0.1, 0.15) is 41.5 Å². The molecule has 350 valence electrons. The van der Waals surface area contributed by atoms with Gasteiger partial charge in [0, 0.05) is 64.3 Å². The quantitative estimate of drug-likeness (QED) is 0.103. The highest BCUT2D eigenvalue weighted by molar-refractivity contribution is 5.97. The zero-order valence-electron chi connectivity index (χ0n) is 36.6. The molecule has 1 fully saturated rings. The zero-order chi connectivity index (χ0) is 47.1. The van der Waals surface area contributed by atoms with Gasteiger partial charge >= 0.3 is 0 Å². The van der Waals surface area contributed by atoms with Gasteiger partial charge in [-0.25, -0.2) is 8.78 Å². The number of aromatic hydroxyl groups is 1. The first-order chi connectivity index (χ1) is 31.8. The summed E-state index contributed by atoms with van der Waals surface area (Å²) in [5.74, 6) is -5.78. The number of phenolic OH excluding ortho intramolecular Hbond substituents is 1. The fourth-order valence-electron chi connectivity index (χ4n) is 8.27. The Balaban J connectivity index is 1.31. The minimum absolute atomic E-state index is 0.00324. The van der Waals surface area contributed by atoms with Crippen molar-refractivity contribution in [2.24, 2.45) is 11.1 Å². The molecule has 0 saturated carbocycles. The molecule has 15 nitrogen and oxygen atoms in total. The predicted octanol–water partition coefficient (Wildman–Crippen LogP) is 2.52. The van der Waals surface area contributed by atoms with Gasteiger partial charge in [-0.05, 0) is 71.2 Å². The fourth-order valence-corrected chi connectivity index (χ4v) is 8.27. The molecule has 1 saturated heterocycles. The Hall–Kier alpha value is -6.53. The van der Waals surface area contributed by atoms with E-state index in [4.69, 9.17) is 10.5 Å². The Morgan fingerprint density at radius 1 is 0.879 bits per heavy atom. The lowest BCUT2D eigenvalue weighted by Gasteiger charge is -2.42. The number of aliphatic hydroxyl groups is 1. The highest BCUT2D eigenvalue weighted by atomic mass is 19.1. The molecule has 2 heterocycles. The summed E-state index contributed by atoms with van der Waals surface area (Å²) >= 11 is 0. The molecule has 2 aliphatic rings. The Labute approximate surface area is 382 Å². The van der Waals surface area contributed by atoms with Gasteiger partial charge in [-0.1, -0.05) is 78.9 Å². The molecule has 0 radical (unpaired) electrons. The zero-order valence-corrected chi connectivity index (χ0v) is 36.6. The van der Waals surface area contributed by atoms with Crippen molar-refractivity contribution in [3.63, 3.8) is 0 Å². The van der Waals surface area contributed by atoms with Gasteiger partial charge in [0.1, 0.15) is 12.3 Å². The summed E-state index contributed by atoms with van der Waals surface area (Å²) in [6, 6.07) is 23.0. The number of rotatable bonds is 11. The molecular weight excluding hydrogens is 853 g/mol. The van der Waals surface area contributed by atoms with Crippen LogP contribution in [0, 0.1) is 17.0 Å². The Morgan fingerprint density at radius 2 is 1.59 bits per heavy atom. The Bertz CT molecular complexity index is 2330. The number of halogens is 2. The van der Waals surface area contributed by atoms with Gasteiger partial charge in [0.05, 0.1) is 24.7 Å². The van der Waals surface area contributed by atoms with Crippen molar-refractivity contribution < 1.29 is 47.7 Å². The van der Waals surface area contributed by atoms with E-state index in [2.05, 4.69) is 26.6 Å². The molecule has 4 atom stereocenters. The molecule has 66 heavy (non-hydrogen) atoms. The second kappa shape index (κ2) is 23.6. The van der Waals surface area contributed by atoms with Crippen LogP contribution < -0.4 is 32.3 Å². The summed E-state index contributed by atoms with van der Waals surface area (Å²) in [6.07, 6.45) is 2.22. The first-order valence-electron chi connectivity index (χ1n) is 22.1. The van der Waals surface area contributed by atoms with Crippen molar-refractivity contribution in [1.29, 1.82) is 0 Å². The normalized spacial score (nSPS) is 21.8. The largest absolute Gasteiger partial charge is 0.503 e. The first-order valence-corrected chi connectivity index (χ1v) is 22.1. The number of carbonyl (C=O) groups excluding carboxylic acids is 5. The SMILES string of the molecule is NCCOCCNC(=O)[C@@H]1CCNC(=O)/C=C/C(=O)N2CCC[C@](Cc3ccccc3)(C2)C(=O)N[C@@H](Cc2ccc(-c3cc(F)c(O)c(F)c3)cc2)C(=O)NCc2ccccc2CC(O)N1. The second-order valence-electron chi connectivity index (χ2n) is 16.6. The lowest BCUT2D eigenvalue weighted by Crippen LogP contribution is -2.58. The van der Waals surface area contributed by atoms with E-state index in [-0.39, 0.29) is 64.0 Å². The van der Waals surface area contributed by atoms with Crippen LogP contribution in [0.3, 0.4) is 0 Å². The summed E-state index contributed by atoms with van der Waals surface area (Å²) in [6.45, 7) is 1.41. The van der Waals surface area contributed by atoms with Crippen molar-refractivity contribution >= 4 is 29.5 Å². The van der Waals surface area contributed by atoms with Gasteiger partial charge in [-0.15, -0.1) is 0 Å². The average molecular weight is 910 g/mol. The van der Waals surface area contributed by atoms with Crippen molar-refractivity contribution in [3.05, 3.63) is 137 Å². The van der Waals surface area contributed by atoms with Gasteiger partial charge in [0.15, 0.2) is 17.4 Å².